The Balaban J connectivity index is 1.58. The van der Waals surface area contributed by atoms with Gasteiger partial charge >= 0.3 is 0 Å². The van der Waals surface area contributed by atoms with Crippen molar-refractivity contribution in [3.05, 3.63) is 47.4 Å². The summed E-state index contributed by atoms with van der Waals surface area (Å²) in [6, 6.07) is 9.49. The zero-order chi connectivity index (χ0) is 20.2. The normalized spacial score (nSPS) is 14.9. The molecule has 0 spiro atoms. The van der Waals surface area contributed by atoms with Gasteiger partial charge in [0.2, 0.25) is 11.1 Å². The predicted molar refractivity (Wildman–Crippen MR) is 116 cm³/mol. The van der Waals surface area contributed by atoms with Gasteiger partial charge in [-0.1, -0.05) is 30.7 Å². The van der Waals surface area contributed by atoms with E-state index in [1.807, 2.05) is 30.3 Å². The van der Waals surface area contributed by atoms with E-state index < -0.39 is 0 Å². The van der Waals surface area contributed by atoms with E-state index in [0.717, 1.165) is 55.6 Å². The maximum atomic E-state index is 5.99. The van der Waals surface area contributed by atoms with Crippen LogP contribution in [-0.4, -0.2) is 63.0 Å². The van der Waals surface area contributed by atoms with Gasteiger partial charge in [-0.25, -0.2) is 15.0 Å². The number of nitrogens with zero attached hydrogens (tertiary/aromatic N) is 7. The molecule has 150 valence electrons. The highest BCUT2D eigenvalue weighted by Gasteiger charge is 2.19. The van der Waals surface area contributed by atoms with Crippen molar-refractivity contribution in [3.8, 4) is 11.3 Å². The number of rotatable bonds is 5. The minimum absolute atomic E-state index is 0.607. The van der Waals surface area contributed by atoms with E-state index in [0.29, 0.717) is 15.3 Å². The first-order valence-corrected chi connectivity index (χ1v) is 10.8. The lowest BCUT2D eigenvalue weighted by atomic mass is 10.1. The van der Waals surface area contributed by atoms with Gasteiger partial charge in [0.15, 0.2) is 5.16 Å². The second-order valence-electron chi connectivity index (χ2n) is 6.81. The molecular formula is C20H22ClN7S. The molecule has 1 aliphatic heterocycles. The standard InChI is InChI=1S/C20H22ClN7S/c1-3-17-24-18(28-12-10-27(2)11-13-28)26-20(25-17)29-19-22-9-8-16(23-19)14-4-6-15(21)7-5-14/h4-9H,3,10-13H2,1-2H3. The third-order valence-electron chi connectivity index (χ3n) is 4.71. The summed E-state index contributed by atoms with van der Waals surface area (Å²) in [7, 11) is 2.13. The van der Waals surface area contributed by atoms with Crippen molar-refractivity contribution >= 4 is 29.3 Å². The summed E-state index contributed by atoms with van der Waals surface area (Å²) < 4.78 is 0. The molecule has 0 amide bonds. The minimum atomic E-state index is 0.607. The van der Waals surface area contributed by atoms with Gasteiger partial charge in [-0.05, 0) is 37.0 Å². The lowest BCUT2D eigenvalue weighted by Crippen LogP contribution is -2.45. The summed E-state index contributed by atoms with van der Waals surface area (Å²) >= 11 is 7.35. The number of aromatic nitrogens is 5. The summed E-state index contributed by atoms with van der Waals surface area (Å²) in [6.45, 7) is 5.88. The number of aryl methyl sites for hydroxylation is 1. The SMILES string of the molecule is CCc1nc(Sc2nccc(-c3ccc(Cl)cc3)n2)nc(N2CCN(C)CC2)n1. The molecule has 1 fully saturated rings. The molecule has 1 aromatic carbocycles. The van der Waals surface area contributed by atoms with Crippen LogP contribution in [0.3, 0.4) is 0 Å². The highest BCUT2D eigenvalue weighted by atomic mass is 35.5. The Kier molecular flexibility index (Phi) is 6.22. The van der Waals surface area contributed by atoms with Gasteiger partial charge in [-0.3, -0.25) is 0 Å². The topological polar surface area (TPSA) is 70.9 Å². The number of piperazine rings is 1. The highest BCUT2D eigenvalue weighted by Crippen LogP contribution is 2.26. The van der Waals surface area contributed by atoms with E-state index in [1.165, 1.54) is 11.8 Å². The molecule has 0 saturated carbocycles. The Labute approximate surface area is 179 Å². The molecule has 2 aromatic heterocycles. The zero-order valence-electron chi connectivity index (χ0n) is 16.4. The Morgan fingerprint density at radius 3 is 2.41 bits per heavy atom. The summed E-state index contributed by atoms with van der Waals surface area (Å²) in [4.78, 5) is 27.5. The van der Waals surface area contributed by atoms with Crippen LogP contribution in [0.1, 0.15) is 12.7 Å². The minimum Gasteiger partial charge on any atom is -0.338 e. The van der Waals surface area contributed by atoms with Crippen LogP contribution in [0.5, 0.6) is 0 Å². The van der Waals surface area contributed by atoms with Gasteiger partial charge in [-0.15, -0.1) is 0 Å². The van der Waals surface area contributed by atoms with E-state index >= 15 is 0 Å². The number of hydrogen-bond donors (Lipinski definition) is 0. The second-order valence-corrected chi connectivity index (χ2v) is 8.18. The Morgan fingerprint density at radius 1 is 0.931 bits per heavy atom. The van der Waals surface area contributed by atoms with Gasteiger partial charge in [0, 0.05) is 49.4 Å². The molecule has 1 aliphatic rings. The van der Waals surface area contributed by atoms with Crippen LogP contribution in [0.15, 0.2) is 46.8 Å². The molecular weight excluding hydrogens is 406 g/mol. The number of benzene rings is 1. The Morgan fingerprint density at radius 2 is 1.69 bits per heavy atom. The van der Waals surface area contributed by atoms with Crippen molar-refractivity contribution < 1.29 is 0 Å². The highest BCUT2D eigenvalue weighted by molar-refractivity contribution is 7.99. The molecule has 0 unspecified atom stereocenters. The van der Waals surface area contributed by atoms with Crippen molar-refractivity contribution in [2.24, 2.45) is 0 Å². The first-order chi connectivity index (χ1) is 14.1. The van der Waals surface area contributed by atoms with E-state index in [-0.39, 0.29) is 0 Å². The Bertz CT molecular complexity index is 975. The monoisotopic (exact) mass is 427 g/mol. The van der Waals surface area contributed by atoms with Gasteiger partial charge in [0.1, 0.15) is 5.82 Å². The van der Waals surface area contributed by atoms with Crippen molar-refractivity contribution in [3.63, 3.8) is 0 Å². The first-order valence-electron chi connectivity index (χ1n) is 9.56. The lowest BCUT2D eigenvalue weighted by Gasteiger charge is -2.32. The molecule has 0 atom stereocenters. The summed E-state index contributed by atoms with van der Waals surface area (Å²) in [5.41, 5.74) is 1.82. The number of likely N-dealkylation sites (N-methyl/N-ethyl adjacent to an activating group) is 1. The van der Waals surface area contributed by atoms with Gasteiger partial charge in [0.25, 0.3) is 0 Å². The van der Waals surface area contributed by atoms with Crippen LogP contribution in [0.2, 0.25) is 5.02 Å². The average Bonchev–Trinajstić information content (AvgIpc) is 2.74. The quantitative estimate of drug-likeness (QED) is 0.573. The van der Waals surface area contributed by atoms with E-state index in [2.05, 4.69) is 43.7 Å². The summed E-state index contributed by atoms with van der Waals surface area (Å²) in [6.07, 6.45) is 2.51. The van der Waals surface area contributed by atoms with Crippen LogP contribution in [-0.2, 0) is 6.42 Å². The molecule has 4 rings (SSSR count). The third-order valence-corrected chi connectivity index (χ3v) is 5.70. The third kappa shape index (κ3) is 5.01. The molecule has 0 bridgehead atoms. The summed E-state index contributed by atoms with van der Waals surface area (Å²) in [5, 5.41) is 1.93. The summed E-state index contributed by atoms with van der Waals surface area (Å²) in [5.74, 6) is 1.52. The van der Waals surface area contributed by atoms with Crippen LogP contribution in [0.4, 0.5) is 5.95 Å². The van der Waals surface area contributed by atoms with E-state index in [1.54, 1.807) is 6.20 Å². The molecule has 9 heteroatoms. The fourth-order valence-corrected chi connectivity index (χ4v) is 3.82. The van der Waals surface area contributed by atoms with Crippen molar-refractivity contribution in [2.45, 2.75) is 23.7 Å². The molecule has 1 saturated heterocycles. The zero-order valence-corrected chi connectivity index (χ0v) is 18.0. The fourth-order valence-electron chi connectivity index (χ4n) is 2.99. The van der Waals surface area contributed by atoms with Crippen LogP contribution >= 0.6 is 23.4 Å². The van der Waals surface area contributed by atoms with Crippen LogP contribution in [0, 0.1) is 0 Å². The number of halogens is 1. The first kappa shape index (κ1) is 20.0. The van der Waals surface area contributed by atoms with Gasteiger partial charge in [-0.2, -0.15) is 9.97 Å². The van der Waals surface area contributed by atoms with Gasteiger partial charge in [0.05, 0.1) is 5.69 Å². The molecule has 3 aromatic rings. The van der Waals surface area contributed by atoms with Crippen LogP contribution < -0.4 is 4.90 Å². The molecule has 7 nitrogen and oxygen atoms in total. The largest absolute Gasteiger partial charge is 0.338 e. The van der Waals surface area contributed by atoms with Gasteiger partial charge < -0.3 is 9.80 Å². The molecule has 0 radical (unpaired) electrons. The second kappa shape index (κ2) is 9.02. The molecule has 3 heterocycles. The maximum Gasteiger partial charge on any atom is 0.229 e. The van der Waals surface area contributed by atoms with E-state index in [4.69, 9.17) is 16.6 Å². The van der Waals surface area contributed by atoms with E-state index in [9.17, 15) is 0 Å². The lowest BCUT2D eigenvalue weighted by molar-refractivity contribution is 0.310. The predicted octanol–water partition coefficient (Wildman–Crippen LogP) is 3.45. The number of hydrogen-bond acceptors (Lipinski definition) is 8. The maximum absolute atomic E-state index is 5.99. The van der Waals surface area contributed by atoms with Crippen molar-refractivity contribution in [2.75, 3.05) is 38.1 Å². The molecule has 0 aliphatic carbocycles. The smallest absolute Gasteiger partial charge is 0.229 e. The van der Waals surface area contributed by atoms with Crippen LogP contribution in [0.25, 0.3) is 11.3 Å². The van der Waals surface area contributed by atoms with Crippen molar-refractivity contribution in [1.29, 1.82) is 0 Å². The fraction of sp³-hybridized carbons (Fsp3) is 0.350. The average molecular weight is 428 g/mol. The Hall–Kier alpha value is -2.29. The van der Waals surface area contributed by atoms with Crippen molar-refractivity contribution in [1.82, 2.24) is 29.8 Å². The molecule has 0 N–H and O–H groups in total. The number of anilines is 1. The molecule has 29 heavy (non-hydrogen) atoms.